The maximum Gasteiger partial charge on any atom is 0.268 e. The van der Waals surface area contributed by atoms with Gasteiger partial charge in [-0.15, -0.1) is 0 Å². The lowest BCUT2D eigenvalue weighted by molar-refractivity contribution is 0.584. The third kappa shape index (κ3) is 4.17. The lowest BCUT2D eigenvalue weighted by Gasteiger charge is -2.13. The Labute approximate surface area is 169 Å². The molecular formula is C24H31NO2S. The molecule has 0 unspecified atom stereocenters. The van der Waals surface area contributed by atoms with E-state index in [4.69, 9.17) is 0 Å². The van der Waals surface area contributed by atoms with E-state index in [0.717, 1.165) is 61.5 Å². The molecule has 0 saturated heterocycles. The van der Waals surface area contributed by atoms with Crippen molar-refractivity contribution >= 4 is 20.9 Å². The minimum atomic E-state index is -3.63. The first-order valence-corrected chi connectivity index (χ1v) is 12.0. The van der Waals surface area contributed by atoms with Crippen LogP contribution in [0.25, 0.3) is 10.9 Å². The van der Waals surface area contributed by atoms with Crippen molar-refractivity contribution in [3.8, 4) is 0 Å². The van der Waals surface area contributed by atoms with Crippen LogP contribution >= 0.6 is 0 Å². The highest BCUT2D eigenvalue weighted by molar-refractivity contribution is 7.90. The van der Waals surface area contributed by atoms with Gasteiger partial charge in [-0.2, -0.15) is 0 Å². The van der Waals surface area contributed by atoms with Crippen molar-refractivity contribution in [2.75, 3.05) is 0 Å². The van der Waals surface area contributed by atoms with Crippen LogP contribution in [0.4, 0.5) is 0 Å². The van der Waals surface area contributed by atoms with Crippen LogP contribution in [0.15, 0.2) is 59.5 Å². The SMILES string of the molecule is CCCCCc1c(CCCCC)n(S(=O)(=O)c2ccccc2)c2ccccc12. The van der Waals surface area contributed by atoms with Crippen LogP contribution in [0.1, 0.15) is 63.6 Å². The monoisotopic (exact) mass is 397 g/mol. The molecule has 0 saturated carbocycles. The van der Waals surface area contributed by atoms with Gasteiger partial charge < -0.3 is 0 Å². The third-order valence-electron chi connectivity index (χ3n) is 5.37. The molecule has 28 heavy (non-hydrogen) atoms. The van der Waals surface area contributed by atoms with Crippen molar-refractivity contribution in [3.63, 3.8) is 0 Å². The van der Waals surface area contributed by atoms with E-state index in [2.05, 4.69) is 19.9 Å². The Morgan fingerprint density at radius 1 is 0.750 bits per heavy atom. The average molecular weight is 398 g/mol. The quantitative estimate of drug-likeness (QED) is 0.374. The molecule has 0 aliphatic rings. The van der Waals surface area contributed by atoms with E-state index in [1.54, 1.807) is 28.2 Å². The maximum absolute atomic E-state index is 13.6. The molecule has 0 fully saturated rings. The fraction of sp³-hybridized carbons (Fsp3) is 0.417. The molecule has 1 aromatic heterocycles. The zero-order chi connectivity index (χ0) is 20.0. The Bertz CT molecular complexity index is 1000. The first kappa shape index (κ1) is 20.7. The molecule has 3 aromatic rings. The van der Waals surface area contributed by atoms with E-state index >= 15 is 0 Å². The zero-order valence-electron chi connectivity index (χ0n) is 17.0. The van der Waals surface area contributed by atoms with Gasteiger partial charge in [0.15, 0.2) is 0 Å². The Balaban J connectivity index is 2.20. The second-order valence-electron chi connectivity index (χ2n) is 7.44. The fourth-order valence-corrected chi connectivity index (χ4v) is 5.55. The first-order valence-electron chi connectivity index (χ1n) is 10.5. The number of hydrogen-bond acceptors (Lipinski definition) is 2. The fourth-order valence-electron chi connectivity index (χ4n) is 3.93. The second-order valence-corrected chi connectivity index (χ2v) is 9.23. The number of benzene rings is 2. The summed E-state index contributed by atoms with van der Waals surface area (Å²) in [5.74, 6) is 0. The number of aromatic nitrogens is 1. The predicted octanol–water partition coefficient (Wildman–Crippen LogP) is 6.34. The van der Waals surface area contributed by atoms with Crippen LogP contribution < -0.4 is 0 Å². The molecule has 0 atom stereocenters. The molecule has 3 nitrogen and oxygen atoms in total. The predicted molar refractivity (Wildman–Crippen MR) is 117 cm³/mol. The van der Waals surface area contributed by atoms with Gasteiger partial charge in [0.2, 0.25) is 0 Å². The number of unbranched alkanes of at least 4 members (excludes halogenated alkanes) is 4. The van der Waals surface area contributed by atoms with Crippen molar-refractivity contribution in [2.24, 2.45) is 0 Å². The Hall–Kier alpha value is -2.07. The van der Waals surface area contributed by atoms with Crippen molar-refractivity contribution in [1.29, 1.82) is 0 Å². The summed E-state index contributed by atoms with van der Waals surface area (Å²) >= 11 is 0. The Morgan fingerprint density at radius 3 is 2.04 bits per heavy atom. The van der Waals surface area contributed by atoms with Crippen LogP contribution in [0, 0.1) is 0 Å². The highest BCUT2D eigenvalue weighted by Gasteiger charge is 2.26. The standard InChI is InChI=1S/C24H31NO2S/c1-3-5-8-16-21-22-17-12-13-19-24(22)25(23(21)18-9-6-4-2)28(26,27)20-14-10-7-11-15-20/h7,10-15,17,19H,3-6,8-9,16,18H2,1-2H3. The van der Waals surface area contributed by atoms with Gasteiger partial charge in [0, 0.05) is 11.1 Å². The van der Waals surface area contributed by atoms with Gasteiger partial charge in [-0.05, 0) is 49.4 Å². The Kier molecular flexibility index (Phi) is 6.95. The van der Waals surface area contributed by atoms with Gasteiger partial charge in [-0.3, -0.25) is 0 Å². The van der Waals surface area contributed by atoms with E-state index in [1.807, 2.05) is 24.3 Å². The van der Waals surface area contributed by atoms with Gasteiger partial charge >= 0.3 is 0 Å². The molecule has 0 aliphatic carbocycles. The zero-order valence-corrected chi connectivity index (χ0v) is 17.8. The Morgan fingerprint density at radius 2 is 1.36 bits per heavy atom. The lowest BCUT2D eigenvalue weighted by atomic mass is 10.0. The van der Waals surface area contributed by atoms with Gasteiger partial charge in [0.25, 0.3) is 10.0 Å². The molecule has 0 bridgehead atoms. The van der Waals surface area contributed by atoms with E-state index in [9.17, 15) is 8.42 Å². The number of rotatable bonds is 10. The molecule has 3 rings (SSSR count). The van der Waals surface area contributed by atoms with E-state index < -0.39 is 10.0 Å². The summed E-state index contributed by atoms with van der Waals surface area (Å²) in [5.41, 5.74) is 3.01. The minimum Gasteiger partial charge on any atom is -0.238 e. The summed E-state index contributed by atoms with van der Waals surface area (Å²) < 4.78 is 28.8. The highest BCUT2D eigenvalue weighted by Crippen LogP contribution is 2.32. The summed E-state index contributed by atoms with van der Waals surface area (Å²) in [6.45, 7) is 4.38. The number of aryl methyl sites for hydroxylation is 1. The van der Waals surface area contributed by atoms with Gasteiger partial charge in [0.05, 0.1) is 10.4 Å². The van der Waals surface area contributed by atoms with Crippen LogP contribution in [0.3, 0.4) is 0 Å². The van der Waals surface area contributed by atoms with Gasteiger partial charge in [0.1, 0.15) is 0 Å². The molecular weight excluding hydrogens is 366 g/mol. The number of hydrogen-bond donors (Lipinski definition) is 0. The van der Waals surface area contributed by atoms with Crippen molar-refractivity contribution < 1.29 is 8.42 Å². The minimum absolute atomic E-state index is 0.354. The smallest absolute Gasteiger partial charge is 0.238 e. The molecule has 2 aromatic carbocycles. The number of nitrogens with zero attached hydrogens (tertiary/aromatic N) is 1. The molecule has 150 valence electrons. The second kappa shape index (κ2) is 9.42. The summed E-state index contributed by atoms with van der Waals surface area (Å²) in [6.07, 6.45) is 8.40. The molecule has 0 aliphatic heterocycles. The summed E-state index contributed by atoms with van der Waals surface area (Å²) in [7, 11) is -3.63. The normalized spacial score (nSPS) is 11.9. The van der Waals surface area contributed by atoms with Crippen molar-refractivity contribution in [2.45, 2.75) is 70.1 Å². The number of fused-ring (bicyclic) bond motifs is 1. The summed E-state index contributed by atoms with van der Waals surface area (Å²) in [6, 6.07) is 16.8. The largest absolute Gasteiger partial charge is 0.268 e. The van der Waals surface area contributed by atoms with E-state index in [1.165, 1.54) is 12.0 Å². The molecule has 1 heterocycles. The van der Waals surface area contributed by atoms with Crippen LogP contribution in [0.2, 0.25) is 0 Å². The topological polar surface area (TPSA) is 39.1 Å². The van der Waals surface area contributed by atoms with Crippen LogP contribution in [0.5, 0.6) is 0 Å². The van der Waals surface area contributed by atoms with Crippen LogP contribution in [-0.2, 0) is 22.9 Å². The highest BCUT2D eigenvalue weighted by atomic mass is 32.2. The lowest BCUT2D eigenvalue weighted by Crippen LogP contribution is -2.16. The summed E-state index contributed by atoms with van der Waals surface area (Å²) in [4.78, 5) is 0.354. The van der Waals surface area contributed by atoms with Crippen molar-refractivity contribution in [1.82, 2.24) is 3.97 Å². The number of para-hydroxylation sites is 1. The molecule has 4 heteroatoms. The van der Waals surface area contributed by atoms with E-state index in [0.29, 0.717) is 4.90 Å². The maximum atomic E-state index is 13.6. The first-order chi connectivity index (χ1) is 13.6. The van der Waals surface area contributed by atoms with E-state index in [-0.39, 0.29) is 0 Å². The summed E-state index contributed by atoms with van der Waals surface area (Å²) in [5, 5.41) is 1.09. The van der Waals surface area contributed by atoms with Gasteiger partial charge in [-0.1, -0.05) is 75.9 Å². The van der Waals surface area contributed by atoms with Crippen LogP contribution in [-0.4, -0.2) is 12.4 Å². The molecule has 0 N–H and O–H groups in total. The molecule has 0 spiro atoms. The molecule has 0 amide bonds. The van der Waals surface area contributed by atoms with Crippen molar-refractivity contribution in [3.05, 3.63) is 65.9 Å². The third-order valence-corrected chi connectivity index (χ3v) is 7.14. The average Bonchev–Trinajstić information content (AvgIpc) is 3.03. The molecule has 0 radical (unpaired) electrons. The van der Waals surface area contributed by atoms with Gasteiger partial charge in [-0.25, -0.2) is 12.4 Å².